The van der Waals surface area contributed by atoms with Gasteiger partial charge in [-0.3, -0.25) is 0 Å². The molecule has 10 aromatic carbocycles. The largest absolute Gasteiger partial charge is 0.456 e. The lowest BCUT2D eigenvalue weighted by atomic mass is 9.91. The van der Waals surface area contributed by atoms with Crippen LogP contribution < -0.4 is 14.5 Å². The third-order valence-electron chi connectivity index (χ3n) is 11.5. The Hall–Kier alpha value is -7.82. The molecule has 0 saturated carbocycles. The highest BCUT2D eigenvalue weighted by atomic mass is 16.5. The van der Waals surface area contributed by atoms with Gasteiger partial charge in [0.05, 0.1) is 17.1 Å². The Morgan fingerprint density at radius 1 is 0.328 bits per heavy atom. The van der Waals surface area contributed by atoms with E-state index in [9.17, 15) is 0 Å². The number of hydrogen-bond acceptors (Lipinski definition) is 4. The van der Waals surface area contributed by atoms with E-state index >= 15 is 0 Å². The second-order valence-corrected chi connectivity index (χ2v) is 14.9. The van der Waals surface area contributed by atoms with Gasteiger partial charge in [-0.2, -0.15) is 0 Å². The molecule has 1 aromatic heterocycles. The van der Waals surface area contributed by atoms with Crippen LogP contribution in [0.4, 0.5) is 34.1 Å². The van der Waals surface area contributed by atoms with Gasteiger partial charge in [0.15, 0.2) is 5.58 Å². The number of hydrogen-bond donors (Lipinski definition) is 0. The van der Waals surface area contributed by atoms with Crippen LogP contribution in [0, 0.1) is 0 Å². The van der Waals surface area contributed by atoms with Crippen LogP contribution in [0.3, 0.4) is 0 Å². The predicted molar refractivity (Wildman–Crippen MR) is 241 cm³/mol. The molecular weight excluding hydrogens is 709 g/mol. The summed E-state index contributed by atoms with van der Waals surface area (Å²) >= 11 is 0. The second-order valence-electron chi connectivity index (χ2n) is 14.9. The van der Waals surface area contributed by atoms with Gasteiger partial charge in [-0.1, -0.05) is 133 Å². The molecule has 12 rings (SSSR count). The zero-order chi connectivity index (χ0) is 38.2. The van der Waals surface area contributed by atoms with Crippen LogP contribution in [0.15, 0.2) is 211 Å². The Labute approximate surface area is 335 Å². The molecule has 4 heteroatoms. The molecule has 0 spiro atoms. The van der Waals surface area contributed by atoms with E-state index in [-0.39, 0.29) is 0 Å². The summed E-state index contributed by atoms with van der Waals surface area (Å²) in [4.78, 5) is 4.67. The summed E-state index contributed by atoms with van der Waals surface area (Å²) in [7, 11) is 0. The molecule has 0 aliphatic carbocycles. The van der Waals surface area contributed by atoms with Crippen LogP contribution in [0.25, 0.3) is 65.4 Å². The SMILES string of the molecule is c1ccc(-c2cccc(N(c3ccccc3)c3cc4c5c(ccc6cc(N(c7ccccc7)c7cccc8c7oc7ccccc78)c7cccc(c7c65)O4)c3)c2)cc1. The van der Waals surface area contributed by atoms with Gasteiger partial charge in [0, 0.05) is 55.4 Å². The van der Waals surface area contributed by atoms with Crippen molar-refractivity contribution < 1.29 is 9.15 Å². The minimum atomic E-state index is 0.841. The molecule has 0 atom stereocenters. The van der Waals surface area contributed by atoms with E-state index in [4.69, 9.17) is 9.15 Å². The molecule has 4 nitrogen and oxygen atoms in total. The summed E-state index contributed by atoms with van der Waals surface area (Å²) in [5.74, 6) is 1.69. The maximum Gasteiger partial charge on any atom is 0.159 e. The van der Waals surface area contributed by atoms with Crippen molar-refractivity contribution in [1.29, 1.82) is 0 Å². The quantitative estimate of drug-likeness (QED) is 0.152. The second kappa shape index (κ2) is 12.9. The van der Waals surface area contributed by atoms with Crippen LogP contribution in [-0.2, 0) is 0 Å². The highest BCUT2D eigenvalue weighted by Crippen LogP contribution is 2.53. The third-order valence-corrected chi connectivity index (χ3v) is 11.5. The van der Waals surface area contributed by atoms with E-state index < -0.39 is 0 Å². The standard InChI is InChI=1S/C54H34N2O2/c1-4-15-35(16-5-1)36-17-12-22-41(31-36)55(39-18-6-2-7-19-39)42-32-37-29-30-38-33-47(45-25-14-28-49-53(45)52(38)51(37)50(34-42)57-49)56(40-20-8-3-9-21-40)46-26-13-24-44-43-23-10-11-27-48(43)58-54(44)46/h1-34H. The van der Waals surface area contributed by atoms with Gasteiger partial charge in [0.2, 0.25) is 0 Å². The Morgan fingerprint density at radius 2 is 0.948 bits per heavy atom. The molecule has 0 unspecified atom stereocenters. The van der Waals surface area contributed by atoms with E-state index in [0.717, 1.165) is 100 Å². The lowest BCUT2D eigenvalue weighted by Gasteiger charge is -2.30. The molecule has 0 amide bonds. The summed E-state index contributed by atoms with van der Waals surface area (Å²) in [6.45, 7) is 0. The highest BCUT2D eigenvalue weighted by molar-refractivity contribution is 6.28. The van der Waals surface area contributed by atoms with Crippen LogP contribution in [-0.4, -0.2) is 0 Å². The van der Waals surface area contributed by atoms with Crippen molar-refractivity contribution >= 4 is 88.4 Å². The molecular formula is C54H34N2O2. The fourth-order valence-corrected chi connectivity index (χ4v) is 9.02. The Bertz CT molecular complexity index is 3380. The average molecular weight is 743 g/mol. The molecule has 0 fully saturated rings. The summed E-state index contributed by atoms with van der Waals surface area (Å²) in [6.07, 6.45) is 0. The first kappa shape index (κ1) is 32.4. The number of rotatable bonds is 7. The van der Waals surface area contributed by atoms with E-state index in [1.807, 2.05) is 12.1 Å². The van der Waals surface area contributed by atoms with Crippen molar-refractivity contribution in [2.75, 3.05) is 9.80 Å². The van der Waals surface area contributed by atoms with Crippen LogP contribution in [0.1, 0.15) is 0 Å². The highest BCUT2D eigenvalue weighted by Gasteiger charge is 2.27. The van der Waals surface area contributed by atoms with Gasteiger partial charge in [0.1, 0.15) is 17.1 Å². The zero-order valence-electron chi connectivity index (χ0n) is 31.3. The number of ether oxygens (including phenoxy) is 1. The fraction of sp³-hybridized carbons (Fsp3) is 0. The van der Waals surface area contributed by atoms with Gasteiger partial charge in [0.25, 0.3) is 0 Å². The molecule has 0 saturated heterocycles. The minimum Gasteiger partial charge on any atom is -0.456 e. The van der Waals surface area contributed by atoms with Gasteiger partial charge in [-0.15, -0.1) is 0 Å². The van der Waals surface area contributed by atoms with Gasteiger partial charge in [-0.05, 0) is 88.6 Å². The fourth-order valence-electron chi connectivity index (χ4n) is 9.02. The van der Waals surface area contributed by atoms with Gasteiger partial charge < -0.3 is 19.0 Å². The number of para-hydroxylation sites is 4. The van der Waals surface area contributed by atoms with E-state index in [1.54, 1.807) is 0 Å². The van der Waals surface area contributed by atoms with Crippen molar-refractivity contribution in [2.24, 2.45) is 0 Å². The third kappa shape index (κ3) is 5.02. The van der Waals surface area contributed by atoms with E-state index in [2.05, 4.69) is 204 Å². The van der Waals surface area contributed by atoms with Gasteiger partial charge in [-0.25, -0.2) is 0 Å². The molecule has 1 aliphatic rings. The lowest BCUT2D eigenvalue weighted by Crippen LogP contribution is -2.12. The maximum absolute atomic E-state index is 7.03. The number of furan rings is 1. The topological polar surface area (TPSA) is 28.9 Å². The molecule has 272 valence electrons. The lowest BCUT2D eigenvalue weighted by molar-refractivity contribution is 0.493. The van der Waals surface area contributed by atoms with Gasteiger partial charge >= 0.3 is 0 Å². The molecule has 1 aliphatic heterocycles. The molecule has 0 N–H and O–H groups in total. The van der Waals surface area contributed by atoms with Crippen molar-refractivity contribution in [3.05, 3.63) is 206 Å². The van der Waals surface area contributed by atoms with Crippen LogP contribution in [0.2, 0.25) is 0 Å². The average Bonchev–Trinajstić information content (AvgIpc) is 3.67. The first-order valence-electron chi connectivity index (χ1n) is 19.7. The van der Waals surface area contributed by atoms with Crippen molar-refractivity contribution in [2.45, 2.75) is 0 Å². The molecule has 2 heterocycles. The van der Waals surface area contributed by atoms with E-state index in [0.29, 0.717) is 0 Å². The Balaban J connectivity index is 1.08. The molecule has 0 radical (unpaired) electrons. The molecule has 0 bridgehead atoms. The number of fused-ring (bicyclic) bond motifs is 3. The summed E-state index contributed by atoms with van der Waals surface area (Å²) in [6, 6.07) is 73.0. The normalized spacial score (nSPS) is 11.9. The molecule has 58 heavy (non-hydrogen) atoms. The van der Waals surface area contributed by atoms with Crippen molar-refractivity contribution in [3.8, 4) is 22.6 Å². The first-order valence-corrected chi connectivity index (χ1v) is 19.7. The summed E-state index contributed by atoms with van der Waals surface area (Å²) in [5.41, 5.74) is 10.3. The van der Waals surface area contributed by atoms with Crippen molar-refractivity contribution in [3.63, 3.8) is 0 Å². The molecule has 11 aromatic rings. The monoisotopic (exact) mass is 742 g/mol. The van der Waals surface area contributed by atoms with Crippen LogP contribution >= 0.6 is 0 Å². The Kier molecular flexibility index (Phi) is 7.20. The first-order chi connectivity index (χ1) is 28.8. The summed E-state index contributed by atoms with van der Waals surface area (Å²) < 4.78 is 13.7. The Morgan fingerprint density at radius 3 is 1.76 bits per heavy atom. The smallest absolute Gasteiger partial charge is 0.159 e. The number of benzene rings is 10. The number of nitrogens with zero attached hydrogens (tertiary/aromatic N) is 2. The maximum atomic E-state index is 7.03. The minimum absolute atomic E-state index is 0.841. The van der Waals surface area contributed by atoms with Crippen LogP contribution in [0.5, 0.6) is 11.5 Å². The predicted octanol–water partition coefficient (Wildman–Crippen LogP) is 15.8. The van der Waals surface area contributed by atoms with E-state index in [1.165, 1.54) is 10.9 Å². The zero-order valence-corrected chi connectivity index (χ0v) is 31.3. The number of anilines is 6. The van der Waals surface area contributed by atoms with Crippen molar-refractivity contribution in [1.82, 2.24) is 0 Å². The summed E-state index contributed by atoms with van der Waals surface area (Å²) in [5, 5.41) is 8.99.